The number of nitrogens with zero attached hydrogens (tertiary/aromatic N) is 5. The summed E-state index contributed by atoms with van der Waals surface area (Å²) in [5, 5.41) is 0.523. The van der Waals surface area contributed by atoms with E-state index in [0.29, 0.717) is 16.3 Å². The van der Waals surface area contributed by atoms with E-state index in [1.54, 1.807) is 55.8 Å². The van der Waals surface area contributed by atoms with Crippen LogP contribution in [0.5, 0.6) is 0 Å². The fraction of sp³-hybridized carbons (Fsp3) is 0.100. The highest BCUT2D eigenvalue weighted by Gasteiger charge is 2.34. The largest absolute Gasteiger partial charge is 0.433 e. The van der Waals surface area contributed by atoms with Gasteiger partial charge in [0.05, 0.1) is 11.4 Å². The van der Waals surface area contributed by atoms with Crippen LogP contribution in [-0.4, -0.2) is 24.5 Å². The molecular formula is C20H13ClF3N5. The summed E-state index contributed by atoms with van der Waals surface area (Å²) in [7, 11) is 0. The fourth-order valence-electron chi connectivity index (χ4n) is 2.74. The molecule has 0 bridgehead atoms. The Bertz CT molecular complexity index is 1170. The van der Waals surface area contributed by atoms with Gasteiger partial charge in [0.1, 0.15) is 6.33 Å². The van der Waals surface area contributed by atoms with Gasteiger partial charge < -0.3 is 0 Å². The molecule has 3 heterocycles. The molecule has 0 atom stereocenters. The zero-order chi connectivity index (χ0) is 20.6. The first-order valence-corrected chi connectivity index (χ1v) is 8.86. The first-order chi connectivity index (χ1) is 13.8. The molecule has 9 heteroatoms. The molecule has 0 aliphatic rings. The minimum atomic E-state index is -4.62. The van der Waals surface area contributed by atoms with Gasteiger partial charge in [-0.2, -0.15) is 13.2 Å². The van der Waals surface area contributed by atoms with Crippen molar-refractivity contribution < 1.29 is 13.2 Å². The zero-order valence-electron chi connectivity index (χ0n) is 15.0. The van der Waals surface area contributed by atoms with Crippen LogP contribution in [0.3, 0.4) is 0 Å². The van der Waals surface area contributed by atoms with E-state index in [9.17, 15) is 13.2 Å². The number of pyridine rings is 1. The van der Waals surface area contributed by atoms with Gasteiger partial charge >= 0.3 is 6.18 Å². The van der Waals surface area contributed by atoms with Crippen molar-refractivity contribution in [2.75, 3.05) is 0 Å². The molecule has 0 amide bonds. The number of benzene rings is 1. The summed E-state index contributed by atoms with van der Waals surface area (Å²) in [4.78, 5) is 16.3. The quantitative estimate of drug-likeness (QED) is 0.451. The van der Waals surface area contributed by atoms with Crippen molar-refractivity contribution in [1.29, 1.82) is 0 Å². The Balaban J connectivity index is 1.83. The van der Waals surface area contributed by atoms with Crippen LogP contribution in [0.25, 0.3) is 28.5 Å². The van der Waals surface area contributed by atoms with Crippen molar-refractivity contribution >= 4 is 11.6 Å². The van der Waals surface area contributed by atoms with Crippen molar-refractivity contribution in [3.63, 3.8) is 0 Å². The van der Waals surface area contributed by atoms with E-state index >= 15 is 0 Å². The first-order valence-electron chi connectivity index (χ1n) is 8.49. The molecule has 0 fully saturated rings. The number of aryl methyl sites for hydroxylation is 1. The van der Waals surface area contributed by atoms with E-state index in [0.717, 1.165) is 17.2 Å². The van der Waals surface area contributed by atoms with Gasteiger partial charge in [-0.15, -0.1) is 0 Å². The molecule has 146 valence electrons. The summed E-state index contributed by atoms with van der Waals surface area (Å²) in [6.45, 7) is 1.77. The molecule has 1 aromatic carbocycles. The molecule has 4 rings (SSSR count). The van der Waals surface area contributed by atoms with Crippen LogP contribution in [0.15, 0.2) is 61.3 Å². The van der Waals surface area contributed by atoms with Crippen LogP contribution in [0.4, 0.5) is 13.2 Å². The lowest BCUT2D eigenvalue weighted by Gasteiger charge is -2.11. The second-order valence-electron chi connectivity index (χ2n) is 6.31. The molecule has 0 spiro atoms. The monoisotopic (exact) mass is 415 g/mol. The van der Waals surface area contributed by atoms with Gasteiger partial charge in [-0.3, -0.25) is 9.55 Å². The third-order valence-corrected chi connectivity index (χ3v) is 4.65. The topological polar surface area (TPSA) is 56.5 Å². The maximum atomic E-state index is 13.4. The van der Waals surface area contributed by atoms with Gasteiger partial charge in [0.15, 0.2) is 5.69 Å². The van der Waals surface area contributed by atoms with Gasteiger partial charge in [-0.25, -0.2) is 15.0 Å². The lowest BCUT2D eigenvalue weighted by atomic mass is 10.1. The number of hydrogen-bond acceptors (Lipinski definition) is 4. The van der Waals surface area contributed by atoms with Crippen LogP contribution < -0.4 is 0 Å². The van der Waals surface area contributed by atoms with Crippen molar-refractivity contribution in [2.45, 2.75) is 13.1 Å². The zero-order valence-corrected chi connectivity index (χ0v) is 15.8. The van der Waals surface area contributed by atoms with E-state index in [1.807, 2.05) is 0 Å². The second kappa shape index (κ2) is 7.29. The molecule has 0 aliphatic carbocycles. The lowest BCUT2D eigenvalue weighted by Crippen LogP contribution is -2.12. The Labute approximate surface area is 168 Å². The molecule has 0 saturated carbocycles. The van der Waals surface area contributed by atoms with Crippen molar-refractivity contribution in [2.24, 2.45) is 0 Å². The second-order valence-corrected chi connectivity index (χ2v) is 6.72. The average Bonchev–Trinajstić information content (AvgIpc) is 3.20. The molecule has 5 nitrogen and oxygen atoms in total. The molecule has 29 heavy (non-hydrogen) atoms. The van der Waals surface area contributed by atoms with E-state index in [-0.39, 0.29) is 11.6 Å². The Morgan fingerprint density at radius 3 is 2.52 bits per heavy atom. The Kier molecular flexibility index (Phi) is 4.79. The molecule has 0 N–H and O–H groups in total. The van der Waals surface area contributed by atoms with E-state index in [1.165, 1.54) is 10.9 Å². The summed E-state index contributed by atoms with van der Waals surface area (Å²) in [6, 6.07) is 9.40. The van der Waals surface area contributed by atoms with E-state index in [4.69, 9.17) is 11.6 Å². The summed E-state index contributed by atoms with van der Waals surface area (Å²) in [6.07, 6.45) is 1.54. The normalized spacial score (nSPS) is 11.6. The summed E-state index contributed by atoms with van der Waals surface area (Å²) >= 11 is 6.03. The van der Waals surface area contributed by atoms with Crippen LogP contribution in [0.1, 0.15) is 11.3 Å². The predicted molar refractivity (Wildman–Crippen MR) is 103 cm³/mol. The summed E-state index contributed by atoms with van der Waals surface area (Å²) in [5.41, 5.74) is 1.61. The molecular weight excluding hydrogens is 403 g/mol. The minimum Gasteiger partial charge on any atom is -0.274 e. The first kappa shape index (κ1) is 19.1. The maximum absolute atomic E-state index is 13.4. The highest BCUT2D eigenvalue weighted by Crippen LogP contribution is 2.32. The number of hydrogen-bond donors (Lipinski definition) is 0. The highest BCUT2D eigenvalue weighted by molar-refractivity contribution is 6.31. The number of aromatic nitrogens is 5. The summed E-state index contributed by atoms with van der Waals surface area (Å²) < 4.78 is 41.7. The Morgan fingerprint density at radius 1 is 1.00 bits per heavy atom. The standard InChI is InChI=1S/C20H13ClF3N5/c1-12-7-13(4-5-15(12)21)16-8-18(20(22,23)24)28-19(27-16)29-10-17(26-11-29)14-3-2-6-25-9-14/h2-11H,1H3. The highest BCUT2D eigenvalue weighted by atomic mass is 35.5. The van der Waals surface area contributed by atoms with Gasteiger partial charge in [0, 0.05) is 34.7 Å². The lowest BCUT2D eigenvalue weighted by molar-refractivity contribution is -0.141. The number of imidazole rings is 1. The van der Waals surface area contributed by atoms with Crippen molar-refractivity contribution in [1.82, 2.24) is 24.5 Å². The molecule has 0 saturated heterocycles. The van der Waals surface area contributed by atoms with Gasteiger partial charge in [0.2, 0.25) is 5.95 Å². The fourth-order valence-corrected chi connectivity index (χ4v) is 2.86. The van der Waals surface area contributed by atoms with Crippen LogP contribution >= 0.6 is 11.6 Å². The van der Waals surface area contributed by atoms with Gasteiger partial charge in [-0.05, 0) is 42.8 Å². The average molecular weight is 416 g/mol. The molecule has 3 aromatic heterocycles. The summed E-state index contributed by atoms with van der Waals surface area (Å²) in [5.74, 6) is -0.134. The Hall–Kier alpha value is -3.26. The maximum Gasteiger partial charge on any atom is 0.433 e. The van der Waals surface area contributed by atoms with E-state index in [2.05, 4.69) is 19.9 Å². The number of rotatable bonds is 3. The number of alkyl halides is 3. The minimum absolute atomic E-state index is 0.134. The van der Waals surface area contributed by atoms with Crippen molar-refractivity contribution in [3.05, 3.63) is 77.6 Å². The predicted octanol–water partition coefficient (Wildman–Crippen LogP) is 5.37. The SMILES string of the molecule is Cc1cc(-c2cc(C(F)(F)F)nc(-n3cnc(-c4cccnc4)c3)n2)ccc1Cl. The molecule has 4 aromatic rings. The van der Waals surface area contributed by atoms with Crippen LogP contribution in [0.2, 0.25) is 5.02 Å². The van der Waals surface area contributed by atoms with Crippen LogP contribution in [0, 0.1) is 6.92 Å². The third kappa shape index (κ3) is 3.97. The van der Waals surface area contributed by atoms with E-state index < -0.39 is 11.9 Å². The molecule has 0 aliphatic heterocycles. The van der Waals surface area contributed by atoms with Gasteiger partial charge in [-0.1, -0.05) is 17.7 Å². The van der Waals surface area contributed by atoms with Crippen LogP contribution in [-0.2, 0) is 6.18 Å². The van der Waals surface area contributed by atoms with Crippen molar-refractivity contribution in [3.8, 4) is 28.5 Å². The van der Waals surface area contributed by atoms with Gasteiger partial charge in [0.25, 0.3) is 0 Å². The molecule has 0 radical (unpaired) electrons. The number of halogens is 4. The third-order valence-electron chi connectivity index (χ3n) is 4.23. The Morgan fingerprint density at radius 2 is 1.83 bits per heavy atom. The smallest absolute Gasteiger partial charge is 0.274 e. The molecule has 0 unspecified atom stereocenters.